The van der Waals surface area contributed by atoms with Gasteiger partial charge in [-0.2, -0.15) is 0 Å². The summed E-state index contributed by atoms with van der Waals surface area (Å²) in [6.07, 6.45) is 5.94. The van der Waals surface area contributed by atoms with E-state index in [-0.39, 0.29) is 18.6 Å². The molecule has 0 spiro atoms. The van der Waals surface area contributed by atoms with Crippen molar-refractivity contribution in [3.63, 3.8) is 0 Å². The number of fused-ring (bicyclic) bond motifs is 1. The van der Waals surface area contributed by atoms with E-state index in [0.717, 1.165) is 24.8 Å². The van der Waals surface area contributed by atoms with Crippen LogP contribution in [0.5, 0.6) is 0 Å². The van der Waals surface area contributed by atoms with Gasteiger partial charge in [0.1, 0.15) is 0 Å². The van der Waals surface area contributed by atoms with Crippen molar-refractivity contribution in [3.05, 3.63) is 63.9 Å². The molecule has 1 aliphatic carbocycles. The first-order chi connectivity index (χ1) is 11.6. The van der Waals surface area contributed by atoms with Crippen LogP contribution >= 0.6 is 15.9 Å². The van der Waals surface area contributed by atoms with Gasteiger partial charge in [-0.05, 0) is 52.4 Å². The number of aryl methyl sites for hydroxylation is 1. The normalized spacial score (nSPS) is 16.1. The van der Waals surface area contributed by atoms with Gasteiger partial charge >= 0.3 is 5.97 Å². The average Bonchev–Trinajstić information content (AvgIpc) is 2.60. The number of amides is 1. The lowest BCUT2D eigenvalue weighted by molar-refractivity contribution is -0.125. The van der Waals surface area contributed by atoms with Gasteiger partial charge in [0, 0.05) is 16.9 Å². The second kappa shape index (κ2) is 7.57. The number of aromatic nitrogens is 1. The largest absolute Gasteiger partial charge is 0.452 e. The molecular weight excluding hydrogens is 372 g/mol. The van der Waals surface area contributed by atoms with E-state index in [9.17, 15) is 9.59 Å². The predicted molar refractivity (Wildman–Crippen MR) is 92.5 cm³/mol. The maximum Gasteiger partial charge on any atom is 0.340 e. The Labute approximate surface area is 148 Å². The van der Waals surface area contributed by atoms with E-state index >= 15 is 0 Å². The number of nitrogens with zero attached hydrogens (tertiary/aromatic N) is 1. The quantitative estimate of drug-likeness (QED) is 0.816. The Morgan fingerprint density at radius 3 is 2.96 bits per heavy atom. The van der Waals surface area contributed by atoms with Crippen LogP contribution in [0.15, 0.2) is 47.2 Å². The summed E-state index contributed by atoms with van der Waals surface area (Å²) in [4.78, 5) is 27.9. The van der Waals surface area contributed by atoms with E-state index in [1.54, 1.807) is 12.3 Å². The summed E-state index contributed by atoms with van der Waals surface area (Å²) < 4.78 is 5.74. The zero-order valence-corrected chi connectivity index (χ0v) is 14.6. The Hall–Kier alpha value is -2.21. The molecule has 0 radical (unpaired) electrons. The number of esters is 1. The van der Waals surface area contributed by atoms with Crippen LogP contribution in [-0.2, 0) is 16.0 Å². The SMILES string of the molecule is O=C(COC(=O)c1cncc(Br)c1)N[C@@H]1CCCc2ccccc21. The minimum atomic E-state index is -0.567. The molecule has 0 fully saturated rings. The highest BCUT2D eigenvalue weighted by Crippen LogP contribution is 2.29. The number of halogens is 1. The highest BCUT2D eigenvalue weighted by atomic mass is 79.9. The van der Waals surface area contributed by atoms with E-state index in [2.05, 4.69) is 32.3 Å². The van der Waals surface area contributed by atoms with E-state index in [4.69, 9.17) is 4.74 Å². The topological polar surface area (TPSA) is 68.3 Å². The maximum absolute atomic E-state index is 12.1. The number of nitrogens with one attached hydrogen (secondary N) is 1. The number of rotatable bonds is 4. The number of carbonyl (C=O) groups is 2. The lowest BCUT2D eigenvalue weighted by atomic mass is 9.88. The van der Waals surface area contributed by atoms with Crippen molar-refractivity contribution in [2.45, 2.75) is 25.3 Å². The molecule has 6 heteroatoms. The first kappa shape index (κ1) is 16.6. The van der Waals surface area contributed by atoms with Crippen molar-refractivity contribution < 1.29 is 14.3 Å². The molecule has 2 aromatic rings. The molecule has 1 aromatic carbocycles. The Morgan fingerprint density at radius 2 is 2.12 bits per heavy atom. The van der Waals surface area contributed by atoms with Gasteiger partial charge in [0.05, 0.1) is 11.6 Å². The van der Waals surface area contributed by atoms with Gasteiger partial charge in [0.2, 0.25) is 0 Å². The fourth-order valence-electron chi connectivity index (χ4n) is 2.88. The number of ether oxygens (including phenoxy) is 1. The summed E-state index contributed by atoms with van der Waals surface area (Å²) >= 11 is 3.24. The highest BCUT2D eigenvalue weighted by molar-refractivity contribution is 9.10. The summed E-state index contributed by atoms with van der Waals surface area (Å²) in [7, 11) is 0. The molecule has 1 amide bonds. The van der Waals surface area contributed by atoms with E-state index in [1.807, 2.05) is 18.2 Å². The van der Waals surface area contributed by atoms with Crippen LogP contribution < -0.4 is 5.32 Å². The molecule has 0 unspecified atom stereocenters. The smallest absolute Gasteiger partial charge is 0.340 e. The zero-order valence-electron chi connectivity index (χ0n) is 13.0. The van der Waals surface area contributed by atoms with Crippen molar-refractivity contribution in [1.82, 2.24) is 10.3 Å². The van der Waals surface area contributed by atoms with E-state index < -0.39 is 5.97 Å². The second-order valence-electron chi connectivity index (χ2n) is 5.68. The molecule has 0 saturated carbocycles. The molecule has 0 saturated heterocycles. The van der Waals surface area contributed by atoms with Crippen LogP contribution in [0.25, 0.3) is 0 Å². The molecule has 1 heterocycles. The first-order valence-corrected chi connectivity index (χ1v) is 8.57. The predicted octanol–water partition coefficient (Wildman–Crippen LogP) is 3.19. The molecule has 0 bridgehead atoms. The fourth-order valence-corrected chi connectivity index (χ4v) is 3.24. The number of hydrogen-bond acceptors (Lipinski definition) is 4. The van der Waals surface area contributed by atoms with Crippen molar-refractivity contribution >= 4 is 27.8 Å². The van der Waals surface area contributed by atoms with E-state index in [0.29, 0.717) is 10.0 Å². The third kappa shape index (κ3) is 4.00. The molecule has 0 aliphatic heterocycles. The molecule has 1 aromatic heterocycles. The van der Waals surface area contributed by atoms with Gasteiger partial charge in [-0.15, -0.1) is 0 Å². The van der Waals surface area contributed by atoms with Gasteiger partial charge in [0.15, 0.2) is 6.61 Å². The molecule has 1 atom stereocenters. The van der Waals surface area contributed by atoms with Gasteiger partial charge in [-0.1, -0.05) is 24.3 Å². The molecule has 24 heavy (non-hydrogen) atoms. The van der Waals surface area contributed by atoms with Gasteiger partial charge in [-0.25, -0.2) is 4.79 Å². The van der Waals surface area contributed by atoms with Crippen LogP contribution in [-0.4, -0.2) is 23.5 Å². The summed E-state index contributed by atoms with van der Waals surface area (Å²) in [5, 5.41) is 2.95. The molecular formula is C18H17BrN2O3. The minimum absolute atomic E-state index is 0.0197. The van der Waals surface area contributed by atoms with Crippen LogP contribution in [0.2, 0.25) is 0 Å². The molecule has 124 valence electrons. The van der Waals surface area contributed by atoms with Gasteiger partial charge in [0.25, 0.3) is 5.91 Å². The second-order valence-corrected chi connectivity index (χ2v) is 6.59. The third-order valence-electron chi connectivity index (χ3n) is 3.98. The highest BCUT2D eigenvalue weighted by Gasteiger charge is 2.22. The molecule has 3 rings (SSSR count). The monoisotopic (exact) mass is 388 g/mol. The van der Waals surface area contributed by atoms with Crippen LogP contribution in [0.1, 0.15) is 40.4 Å². The summed E-state index contributed by atoms with van der Waals surface area (Å²) in [5.41, 5.74) is 2.73. The van der Waals surface area contributed by atoms with E-state index in [1.165, 1.54) is 11.8 Å². The van der Waals surface area contributed by atoms with Crippen LogP contribution in [0, 0.1) is 0 Å². The third-order valence-corrected chi connectivity index (χ3v) is 4.41. The standard InChI is InChI=1S/C18H17BrN2O3/c19-14-8-13(9-20-10-14)18(23)24-11-17(22)21-16-7-3-5-12-4-1-2-6-15(12)16/h1-2,4,6,8-10,16H,3,5,7,11H2,(H,21,22)/t16-/m1/s1. The number of benzene rings is 1. The summed E-state index contributed by atoms with van der Waals surface area (Å²) in [6.45, 7) is -0.302. The van der Waals surface area contributed by atoms with Crippen molar-refractivity contribution in [1.29, 1.82) is 0 Å². The van der Waals surface area contributed by atoms with Gasteiger partial charge in [-0.3, -0.25) is 9.78 Å². The molecule has 1 N–H and O–H groups in total. The van der Waals surface area contributed by atoms with Crippen molar-refractivity contribution in [2.24, 2.45) is 0 Å². The van der Waals surface area contributed by atoms with Crippen molar-refractivity contribution in [3.8, 4) is 0 Å². The Balaban J connectivity index is 1.56. The minimum Gasteiger partial charge on any atom is -0.452 e. The van der Waals surface area contributed by atoms with Gasteiger partial charge < -0.3 is 10.1 Å². The number of carbonyl (C=O) groups excluding carboxylic acids is 2. The van der Waals surface area contributed by atoms with Crippen LogP contribution in [0.4, 0.5) is 0 Å². The zero-order chi connectivity index (χ0) is 16.9. The molecule has 1 aliphatic rings. The Bertz CT molecular complexity index is 763. The average molecular weight is 389 g/mol. The van der Waals surface area contributed by atoms with Crippen molar-refractivity contribution in [2.75, 3.05) is 6.61 Å². The number of hydrogen-bond donors (Lipinski definition) is 1. The fraction of sp³-hybridized carbons (Fsp3) is 0.278. The first-order valence-electron chi connectivity index (χ1n) is 7.78. The lowest BCUT2D eigenvalue weighted by Crippen LogP contribution is -2.34. The maximum atomic E-state index is 12.1. The summed E-state index contributed by atoms with van der Waals surface area (Å²) in [5.74, 6) is -0.865. The lowest BCUT2D eigenvalue weighted by Gasteiger charge is -2.26. The van der Waals surface area contributed by atoms with Crippen LogP contribution in [0.3, 0.4) is 0 Å². The Kier molecular flexibility index (Phi) is 5.25. The Morgan fingerprint density at radius 1 is 1.29 bits per heavy atom. The number of pyridine rings is 1. The molecule has 5 nitrogen and oxygen atoms in total. The summed E-state index contributed by atoms with van der Waals surface area (Å²) in [6, 6.07) is 9.70.